The van der Waals surface area contributed by atoms with E-state index in [1.165, 1.54) is 12.4 Å². The number of anilines is 5. The van der Waals surface area contributed by atoms with E-state index in [-0.39, 0.29) is 0 Å². The molecule has 154 valence electrons. The number of nitrogens with zero attached hydrogens (tertiary/aromatic N) is 3. The van der Waals surface area contributed by atoms with Crippen LogP contribution in [0.15, 0.2) is 79.3 Å². The van der Waals surface area contributed by atoms with Gasteiger partial charge in [-0.15, -0.1) is 0 Å². The average Bonchev–Trinajstić information content (AvgIpc) is 2.76. The lowest BCUT2D eigenvalue weighted by atomic mass is 10.1. The Morgan fingerprint density at radius 3 is 2.06 bits per heavy atom. The number of nitrogens with one attached hydrogen (secondary N) is 3. The normalized spacial score (nSPS) is 10.4. The summed E-state index contributed by atoms with van der Waals surface area (Å²) in [6.07, 6.45) is 3.08. The lowest BCUT2D eigenvalue weighted by Gasteiger charge is -2.10. The van der Waals surface area contributed by atoms with Crippen LogP contribution in [0.1, 0.15) is 10.4 Å². The van der Waals surface area contributed by atoms with Crippen molar-refractivity contribution in [1.29, 1.82) is 0 Å². The third kappa shape index (κ3) is 4.96. The van der Waals surface area contributed by atoms with Gasteiger partial charge in [0.1, 0.15) is 41.0 Å². The Morgan fingerprint density at radius 2 is 1.39 bits per heavy atom. The highest BCUT2D eigenvalue weighted by atomic mass is 19.1. The van der Waals surface area contributed by atoms with E-state index in [9.17, 15) is 13.6 Å². The van der Waals surface area contributed by atoms with Gasteiger partial charge in [-0.2, -0.15) is 0 Å². The molecular weight excluding hydrogens is 402 g/mol. The van der Waals surface area contributed by atoms with Crippen molar-refractivity contribution in [1.82, 2.24) is 15.0 Å². The number of carbonyl (C=O) groups is 1. The first-order valence-electron chi connectivity index (χ1n) is 9.21. The molecule has 0 aliphatic carbocycles. The first-order valence-corrected chi connectivity index (χ1v) is 9.21. The highest BCUT2D eigenvalue weighted by molar-refractivity contribution is 6.04. The van der Waals surface area contributed by atoms with Crippen LogP contribution >= 0.6 is 0 Å². The smallest absolute Gasteiger partial charge is 0.261 e. The summed E-state index contributed by atoms with van der Waals surface area (Å²) < 4.78 is 27.5. The van der Waals surface area contributed by atoms with E-state index < -0.39 is 23.1 Å². The van der Waals surface area contributed by atoms with Crippen LogP contribution in [0.25, 0.3) is 0 Å². The Labute approximate surface area is 176 Å². The second-order valence-corrected chi connectivity index (χ2v) is 6.38. The minimum absolute atomic E-state index is 0.387. The predicted octanol–water partition coefficient (Wildman–Crippen LogP) is 4.89. The van der Waals surface area contributed by atoms with Crippen LogP contribution < -0.4 is 16.0 Å². The minimum Gasteiger partial charge on any atom is -0.340 e. The van der Waals surface area contributed by atoms with Crippen LogP contribution in [-0.2, 0) is 0 Å². The fourth-order valence-electron chi connectivity index (χ4n) is 2.76. The van der Waals surface area contributed by atoms with Gasteiger partial charge in [0.15, 0.2) is 0 Å². The minimum atomic E-state index is -0.922. The molecule has 31 heavy (non-hydrogen) atoms. The van der Waals surface area contributed by atoms with Crippen molar-refractivity contribution in [2.75, 3.05) is 16.0 Å². The Hall–Kier alpha value is -4.40. The molecule has 0 bridgehead atoms. The molecule has 3 N–H and O–H groups in total. The summed E-state index contributed by atoms with van der Waals surface area (Å²) in [5, 5.41) is 8.67. The van der Waals surface area contributed by atoms with E-state index in [1.54, 1.807) is 36.5 Å². The molecule has 0 radical (unpaired) electrons. The lowest BCUT2D eigenvalue weighted by molar-refractivity contribution is 0.101. The van der Waals surface area contributed by atoms with Gasteiger partial charge in [0.25, 0.3) is 5.91 Å². The molecule has 0 spiro atoms. The van der Waals surface area contributed by atoms with Crippen molar-refractivity contribution in [3.05, 3.63) is 96.5 Å². The lowest BCUT2D eigenvalue weighted by Crippen LogP contribution is -2.15. The van der Waals surface area contributed by atoms with Gasteiger partial charge >= 0.3 is 0 Å². The fourth-order valence-corrected chi connectivity index (χ4v) is 2.76. The van der Waals surface area contributed by atoms with E-state index in [0.29, 0.717) is 28.8 Å². The van der Waals surface area contributed by atoms with Crippen LogP contribution in [0.3, 0.4) is 0 Å². The molecule has 2 aromatic heterocycles. The molecule has 2 heterocycles. The van der Waals surface area contributed by atoms with E-state index in [4.69, 9.17) is 0 Å². The summed E-state index contributed by atoms with van der Waals surface area (Å²) in [6, 6.07) is 17.1. The van der Waals surface area contributed by atoms with Gasteiger partial charge < -0.3 is 16.0 Å². The summed E-state index contributed by atoms with van der Waals surface area (Å²) >= 11 is 0. The standard InChI is InChI=1S/C22H16F2N6O/c23-16-4-3-5-17(24)21(16)22(31)29-15-9-7-14(8-10-15)28-19-12-20(27-13-26-19)30-18-6-1-2-11-25-18/h1-13H,(H,29,31)(H2,25,26,27,28,30). The molecule has 0 aliphatic heterocycles. The van der Waals surface area contributed by atoms with Crippen molar-refractivity contribution < 1.29 is 13.6 Å². The molecule has 0 saturated heterocycles. The number of rotatable bonds is 6. The van der Waals surface area contributed by atoms with Crippen molar-refractivity contribution in [3.63, 3.8) is 0 Å². The van der Waals surface area contributed by atoms with Crippen molar-refractivity contribution in [2.24, 2.45) is 0 Å². The number of hydrogen-bond acceptors (Lipinski definition) is 6. The van der Waals surface area contributed by atoms with E-state index in [2.05, 4.69) is 30.9 Å². The van der Waals surface area contributed by atoms with Gasteiger partial charge in [-0.05, 0) is 48.5 Å². The monoisotopic (exact) mass is 418 g/mol. The number of benzene rings is 2. The van der Waals surface area contributed by atoms with Gasteiger partial charge in [0.2, 0.25) is 0 Å². The number of pyridine rings is 1. The van der Waals surface area contributed by atoms with Gasteiger partial charge in [0, 0.05) is 23.6 Å². The molecule has 1 amide bonds. The topological polar surface area (TPSA) is 91.8 Å². The van der Waals surface area contributed by atoms with Gasteiger partial charge in [-0.3, -0.25) is 4.79 Å². The maximum Gasteiger partial charge on any atom is 0.261 e. The molecule has 0 saturated carbocycles. The molecule has 9 heteroatoms. The van der Waals surface area contributed by atoms with Crippen LogP contribution in [0.5, 0.6) is 0 Å². The molecule has 0 unspecified atom stereocenters. The van der Waals surface area contributed by atoms with Gasteiger partial charge in [-0.1, -0.05) is 12.1 Å². The van der Waals surface area contributed by atoms with E-state index in [1.807, 2.05) is 18.2 Å². The second kappa shape index (κ2) is 8.95. The van der Waals surface area contributed by atoms with E-state index >= 15 is 0 Å². The molecule has 2 aromatic carbocycles. The quantitative estimate of drug-likeness (QED) is 0.413. The number of halogens is 2. The number of aromatic nitrogens is 3. The second-order valence-electron chi connectivity index (χ2n) is 6.38. The summed E-state index contributed by atoms with van der Waals surface area (Å²) in [5.41, 5.74) is 0.453. The predicted molar refractivity (Wildman–Crippen MR) is 114 cm³/mol. The molecule has 4 aromatic rings. The molecule has 0 fully saturated rings. The molecule has 7 nitrogen and oxygen atoms in total. The number of carbonyl (C=O) groups excluding carboxylic acids is 1. The zero-order valence-corrected chi connectivity index (χ0v) is 16.0. The van der Waals surface area contributed by atoms with Crippen molar-refractivity contribution in [2.45, 2.75) is 0 Å². The van der Waals surface area contributed by atoms with Crippen molar-refractivity contribution in [3.8, 4) is 0 Å². The highest BCUT2D eigenvalue weighted by Crippen LogP contribution is 2.21. The fraction of sp³-hybridized carbons (Fsp3) is 0. The Morgan fingerprint density at radius 1 is 0.710 bits per heavy atom. The molecule has 0 aliphatic rings. The number of amides is 1. The zero-order chi connectivity index (χ0) is 21.6. The SMILES string of the molecule is O=C(Nc1ccc(Nc2cc(Nc3ccccn3)ncn2)cc1)c1c(F)cccc1F. The van der Waals surface area contributed by atoms with Crippen molar-refractivity contribution >= 4 is 34.7 Å². The summed E-state index contributed by atoms with van der Waals surface area (Å²) in [5.74, 6) is -0.953. The first kappa shape index (κ1) is 19.9. The summed E-state index contributed by atoms with van der Waals surface area (Å²) in [6.45, 7) is 0. The average molecular weight is 418 g/mol. The van der Waals surface area contributed by atoms with E-state index in [0.717, 1.165) is 12.1 Å². The third-order valence-corrected chi connectivity index (χ3v) is 4.19. The van der Waals surface area contributed by atoms with Gasteiger partial charge in [0.05, 0.1) is 0 Å². The highest BCUT2D eigenvalue weighted by Gasteiger charge is 2.17. The Kier molecular flexibility index (Phi) is 5.75. The Balaban J connectivity index is 1.42. The molecule has 0 atom stereocenters. The summed E-state index contributed by atoms with van der Waals surface area (Å²) in [4.78, 5) is 24.7. The largest absolute Gasteiger partial charge is 0.340 e. The van der Waals surface area contributed by atoms with Crippen LogP contribution in [0.4, 0.5) is 37.6 Å². The Bertz CT molecular complexity index is 1180. The first-order chi connectivity index (χ1) is 15.1. The maximum absolute atomic E-state index is 13.7. The zero-order valence-electron chi connectivity index (χ0n) is 16.0. The number of hydrogen-bond donors (Lipinski definition) is 3. The van der Waals surface area contributed by atoms with Crippen LogP contribution in [0.2, 0.25) is 0 Å². The summed E-state index contributed by atoms with van der Waals surface area (Å²) in [7, 11) is 0. The van der Waals surface area contributed by atoms with Gasteiger partial charge in [-0.25, -0.2) is 23.7 Å². The maximum atomic E-state index is 13.7. The third-order valence-electron chi connectivity index (χ3n) is 4.19. The molecule has 4 rings (SSSR count). The molecular formula is C22H16F2N6O. The van der Waals surface area contributed by atoms with Crippen LogP contribution in [0, 0.1) is 11.6 Å². The van der Waals surface area contributed by atoms with Crippen LogP contribution in [-0.4, -0.2) is 20.9 Å².